The third kappa shape index (κ3) is 3.96. The highest BCUT2D eigenvalue weighted by molar-refractivity contribution is 5.85. The highest BCUT2D eigenvalue weighted by atomic mass is 35.5. The van der Waals surface area contributed by atoms with Crippen LogP contribution in [0.15, 0.2) is 18.2 Å². The zero-order valence-corrected chi connectivity index (χ0v) is 13.8. The summed E-state index contributed by atoms with van der Waals surface area (Å²) in [6.45, 7) is 7.22. The van der Waals surface area contributed by atoms with E-state index in [1.807, 2.05) is 19.9 Å². The van der Waals surface area contributed by atoms with Crippen LogP contribution in [-0.4, -0.2) is 23.9 Å². The standard InChI is InChI=1S/C15H21N3O3.ClH/c1-9-4-5-12(6-14(9)18(20)21)11(3)17-15(19)10(2)13-7-16-8-13;/h4-6,10-11,13,16H,7-8H2,1-3H3,(H,17,19);1H. The maximum Gasteiger partial charge on any atom is 0.272 e. The molecule has 1 fully saturated rings. The Balaban J connectivity index is 0.00000242. The second-order valence-corrected chi connectivity index (χ2v) is 5.74. The average Bonchev–Trinajstić information content (AvgIpc) is 2.36. The molecular formula is C15H22ClN3O3. The van der Waals surface area contributed by atoms with Gasteiger partial charge < -0.3 is 10.6 Å². The van der Waals surface area contributed by atoms with Gasteiger partial charge in [-0.2, -0.15) is 0 Å². The van der Waals surface area contributed by atoms with Crippen LogP contribution in [0.2, 0.25) is 0 Å². The van der Waals surface area contributed by atoms with E-state index < -0.39 is 4.92 Å². The lowest BCUT2D eigenvalue weighted by Crippen LogP contribution is -2.49. The van der Waals surface area contributed by atoms with Crippen LogP contribution in [0, 0.1) is 28.9 Å². The molecule has 0 spiro atoms. The third-order valence-electron chi connectivity index (χ3n) is 4.22. The van der Waals surface area contributed by atoms with Gasteiger partial charge in [-0.05, 0) is 38.4 Å². The molecule has 0 bridgehead atoms. The van der Waals surface area contributed by atoms with Crippen molar-refractivity contribution in [2.24, 2.45) is 11.8 Å². The van der Waals surface area contributed by atoms with Gasteiger partial charge in [-0.25, -0.2) is 0 Å². The van der Waals surface area contributed by atoms with Gasteiger partial charge in [0.1, 0.15) is 0 Å². The van der Waals surface area contributed by atoms with Crippen LogP contribution in [0.1, 0.15) is 31.0 Å². The van der Waals surface area contributed by atoms with Crippen molar-refractivity contribution in [3.63, 3.8) is 0 Å². The van der Waals surface area contributed by atoms with E-state index in [1.165, 1.54) is 6.07 Å². The van der Waals surface area contributed by atoms with Crippen LogP contribution in [0.3, 0.4) is 0 Å². The number of carbonyl (C=O) groups excluding carboxylic acids is 1. The number of nitro groups is 1. The highest BCUT2D eigenvalue weighted by Crippen LogP contribution is 2.24. The topological polar surface area (TPSA) is 84.3 Å². The molecule has 7 heteroatoms. The molecule has 2 unspecified atom stereocenters. The van der Waals surface area contributed by atoms with Crippen LogP contribution in [-0.2, 0) is 4.79 Å². The van der Waals surface area contributed by atoms with Crippen molar-refractivity contribution in [1.82, 2.24) is 10.6 Å². The first-order valence-electron chi connectivity index (χ1n) is 7.16. The molecule has 0 saturated carbocycles. The third-order valence-corrected chi connectivity index (χ3v) is 4.22. The molecule has 0 aromatic heterocycles. The summed E-state index contributed by atoms with van der Waals surface area (Å²) in [5, 5.41) is 17.1. The minimum absolute atomic E-state index is 0. The molecule has 2 atom stereocenters. The summed E-state index contributed by atoms with van der Waals surface area (Å²) in [7, 11) is 0. The maximum atomic E-state index is 12.2. The average molecular weight is 328 g/mol. The molecule has 1 aliphatic rings. The molecule has 1 saturated heterocycles. The van der Waals surface area contributed by atoms with E-state index in [4.69, 9.17) is 0 Å². The first-order chi connectivity index (χ1) is 9.90. The number of benzene rings is 1. The Labute approximate surface area is 136 Å². The zero-order valence-electron chi connectivity index (χ0n) is 13.0. The fourth-order valence-electron chi connectivity index (χ4n) is 2.40. The number of hydrogen-bond acceptors (Lipinski definition) is 4. The predicted octanol–water partition coefficient (Wildman–Crippen LogP) is 2.36. The minimum atomic E-state index is -0.393. The summed E-state index contributed by atoms with van der Waals surface area (Å²) >= 11 is 0. The number of nitro benzene ring substituents is 1. The Hall–Kier alpha value is -1.66. The van der Waals surface area contributed by atoms with E-state index in [-0.39, 0.29) is 36.0 Å². The quantitative estimate of drug-likeness (QED) is 0.642. The first-order valence-corrected chi connectivity index (χ1v) is 7.16. The van der Waals surface area contributed by atoms with Crippen molar-refractivity contribution in [2.75, 3.05) is 13.1 Å². The largest absolute Gasteiger partial charge is 0.349 e. The van der Waals surface area contributed by atoms with Gasteiger partial charge in [0.05, 0.1) is 11.0 Å². The predicted molar refractivity (Wildman–Crippen MR) is 87.2 cm³/mol. The van der Waals surface area contributed by atoms with Gasteiger partial charge in [-0.1, -0.05) is 19.1 Å². The van der Waals surface area contributed by atoms with E-state index in [1.54, 1.807) is 13.0 Å². The summed E-state index contributed by atoms with van der Waals surface area (Å²) < 4.78 is 0. The molecule has 2 rings (SSSR count). The molecule has 1 aliphatic heterocycles. The van der Waals surface area contributed by atoms with Gasteiger partial charge in [-0.3, -0.25) is 14.9 Å². The fourth-order valence-corrected chi connectivity index (χ4v) is 2.40. The number of nitrogens with one attached hydrogen (secondary N) is 2. The van der Waals surface area contributed by atoms with Gasteiger partial charge in [0.25, 0.3) is 5.69 Å². The molecule has 0 radical (unpaired) electrons. The molecule has 0 aliphatic carbocycles. The van der Waals surface area contributed by atoms with Crippen molar-refractivity contribution >= 4 is 24.0 Å². The summed E-state index contributed by atoms with van der Waals surface area (Å²) in [6, 6.07) is 4.83. The molecule has 1 aromatic rings. The monoisotopic (exact) mass is 327 g/mol. The molecule has 1 amide bonds. The number of nitrogens with zero attached hydrogens (tertiary/aromatic N) is 1. The maximum absolute atomic E-state index is 12.2. The Morgan fingerprint density at radius 2 is 2.05 bits per heavy atom. The van der Waals surface area contributed by atoms with Gasteiger partial charge >= 0.3 is 0 Å². The number of aryl methyl sites for hydroxylation is 1. The van der Waals surface area contributed by atoms with Crippen molar-refractivity contribution in [3.8, 4) is 0 Å². The van der Waals surface area contributed by atoms with Gasteiger partial charge in [0.15, 0.2) is 0 Å². The van der Waals surface area contributed by atoms with Crippen molar-refractivity contribution < 1.29 is 9.72 Å². The molecular weight excluding hydrogens is 306 g/mol. The minimum Gasteiger partial charge on any atom is -0.349 e. The first kappa shape index (κ1) is 18.4. The molecule has 122 valence electrons. The molecule has 6 nitrogen and oxygen atoms in total. The van der Waals surface area contributed by atoms with Crippen LogP contribution in [0.5, 0.6) is 0 Å². The second kappa shape index (κ2) is 7.56. The Morgan fingerprint density at radius 3 is 2.55 bits per heavy atom. The Bertz CT molecular complexity index is 561. The number of halogens is 1. The highest BCUT2D eigenvalue weighted by Gasteiger charge is 2.29. The van der Waals surface area contributed by atoms with E-state index in [9.17, 15) is 14.9 Å². The zero-order chi connectivity index (χ0) is 15.6. The van der Waals surface area contributed by atoms with Gasteiger partial charge in [0.2, 0.25) is 5.91 Å². The number of hydrogen-bond donors (Lipinski definition) is 2. The molecule has 22 heavy (non-hydrogen) atoms. The van der Waals surface area contributed by atoms with Crippen molar-refractivity contribution in [2.45, 2.75) is 26.8 Å². The summed E-state index contributed by atoms with van der Waals surface area (Å²) in [5.41, 5.74) is 1.46. The van der Waals surface area contributed by atoms with Crippen molar-refractivity contribution in [1.29, 1.82) is 0 Å². The molecule has 1 aromatic carbocycles. The summed E-state index contributed by atoms with van der Waals surface area (Å²) in [6.07, 6.45) is 0. The van der Waals surface area contributed by atoms with E-state index >= 15 is 0 Å². The lowest BCUT2D eigenvalue weighted by molar-refractivity contribution is -0.385. The fraction of sp³-hybridized carbons (Fsp3) is 0.533. The molecule has 2 N–H and O–H groups in total. The van der Waals surface area contributed by atoms with Crippen LogP contribution in [0.4, 0.5) is 5.69 Å². The number of rotatable bonds is 5. The van der Waals surface area contributed by atoms with Gasteiger partial charge in [0, 0.05) is 17.5 Å². The summed E-state index contributed by atoms with van der Waals surface area (Å²) in [5.74, 6) is 0.330. The SMILES string of the molecule is Cc1ccc(C(C)NC(=O)C(C)C2CNC2)cc1[N+](=O)[O-].Cl. The van der Waals surface area contributed by atoms with Crippen molar-refractivity contribution in [3.05, 3.63) is 39.4 Å². The van der Waals surface area contributed by atoms with Crippen LogP contribution in [0.25, 0.3) is 0 Å². The number of amides is 1. The molecule has 1 heterocycles. The van der Waals surface area contributed by atoms with Crippen LogP contribution < -0.4 is 10.6 Å². The second-order valence-electron chi connectivity index (χ2n) is 5.74. The normalized spacial score (nSPS) is 16.9. The lowest BCUT2D eigenvalue weighted by Gasteiger charge is -2.32. The van der Waals surface area contributed by atoms with E-state index in [0.717, 1.165) is 18.7 Å². The Kier molecular flexibility index (Phi) is 6.32. The Morgan fingerprint density at radius 1 is 1.41 bits per heavy atom. The lowest BCUT2D eigenvalue weighted by atomic mass is 9.88. The summed E-state index contributed by atoms with van der Waals surface area (Å²) in [4.78, 5) is 22.8. The van der Waals surface area contributed by atoms with E-state index in [0.29, 0.717) is 11.5 Å². The smallest absolute Gasteiger partial charge is 0.272 e. The number of carbonyl (C=O) groups is 1. The van der Waals surface area contributed by atoms with Crippen LogP contribution >= 0.6 is 12.4 Å². The van der Waals surface area contributed by atoms with E-state index in [2.05, 4.69) is 10.6 Å². The van der Waals surface area contributed by atoms with Gasteiger partial charge in [-0.15, -0.1) is 12.4 Å².